The molecule has 27 heavy (non-hydrogen) atoms. The van der Waals surface area contributed by atoms with E-state index in [4.69, 9.17) is 4.42 Å². The molecule has 0 aliphatic carbocycles. The normalized spacial score (nSPS) is 15.4. The molecule has 3 aromatic rings. The average molecular weight is 366 g/mol. The number of likely N-dealkylation sites (tertiary alicyclic amines) is 1. The lowest BCUT2D eigenvalue weighted by atomic mass is 9.96. The third-order valence-corrected chi connectivity index (χ3v) is 4.96. The van der Waals surface area contributed by atoms with Crippen molar-refractivity contribution in [2.24, 2.45) is 0 Å². The molecule has 140 valence electrons. The second kappa shape index (κ2) is 7.34. The molecule has 3 heterocycles. The zero-order chi connectivity index (χ0) is 18.8. The highest BCUT2D eigenvalue weighted by Crippen LogP contribution is 2.30. The number of benzene rings is 1. The van der Waals surface area contributed by atoms with Crippen molar-refractivity contribution in [3.63, 3.8) is 0 Å². The van der Waals surface area contributed by atoms with Gasteiger partial charge in [0.25, 0.3) is 11.5 Å². The highest BCUT2D eigenvalue weighted by molar-refractivity contribution is 5.92. The number of oxazole rings is 1. The fourth-order valence-corrected chi connectivity index (χ4v) is 3.49. The van der Waals surface area contributed by atoms with Crippen LogP contribution >= 0.6 is 0 Å². The summed E-state index contributed by atoms with van der Waals surface area (Å²) in [4.78, 5) is 30.9. The largest absolute Gasteiger partial charge is 0.440 e. The lowest BCUT2D eigenvalue weighted by Gasteiger charge is -2.30. The molecule has 1 aliphatic heterocycles. The van der Waals surface area contributed by atoms with Gasteiger partial charge in [0.1, 0.15) is 11.2 Å². The number of hydrogen-bond donors (Lipinski definition) is 0. The molecule has 1 saturated heterocycles. The zero-order valence-electron chi connectivity index (χ0n) is 15.3. The van der Waals surface area contributed by atoms with Crippen molar-refractivity contribution in [1.82, 2.24) is 19.7 Å². The number of amides is 1. The SMILES string of the molecule is CCCn1nc(C(=O)N2CCC(c3nc4ccccc4o3)CC2)ccc1=O. The van der Waals surface area contributed by atoms with Crippen LogP contribution in [0.15, 0.2) is 45.6 Å². The van der Waals surface area contributed by atoms with Gasteiger partial charge in [-0.25, -0.2) is 9.67 Å². The van der Waals surface area contributed by atoms with E-state index >= 15 is 0 Å². The quantitative estimate of drug-likeness (QED) is 0.709. The predicted octanol–water partition coefficient (Wildman–Crippen LogP) is 2.81. The van der Waals surface area contributed by atoms with E-state index in [0.29, 0.717) is 25.3 Å². The van der Waals surface area contributed by atoms with Crippen LogP contribution in [0.3, 0.4) is 0 Å². The zero-order valence-corrected chi connectivity index (χ0v) is 15.3. The van der Waals surface area contributed by atoms with E-state index in [2.05, 4.69) is 10.1 Å². The lowest BCUT2D eigenvalue weighted by molar-refractivity contribution is 0.0697. The minimum absolute atomic E-state index is 0.129. The van der Waals surface area contributed by atoms with Gasteiger partial charge in [0, 0.05) is 31.6 Å². The van der Waals surface area contributed by atoms with Crippen LogP contribution in [0.4, 0.5) is 0 Å². The van der Waals surface area contributed by atoms with Crippen molar-refractivity contribution < 1.29 is 9.21 Å². The van der Waals surface area contributed by atoms with Gasteiger partial charge >= 0.3 is 0 Å². The van der Waals surface area contributed by atoms with E-state index in [1.165, 1.54) is 16.8 Å². The highest BCUT2D eigenvalue weighted by Gasteiger charge is 2.28. The molecule has 1 fully saturated rings. The number of carbonyl (C=O) groups excluding carboxylic acids is 1. The molecule has 1 amide bonds. The maximum absolute atomic E-state index is 12.8. The van der Waals surface area contributed by atoms with Gasteiger partial charge in [-0.3, -0.25) is 9.59 Å². The number of nitrogens with zero attached hydrogens (tertiary/aromatic N) is 4. The average Bonchev–Trinajstić information content (AvgIpc) is 3.14. The first-order valence-corrected chi connectivity index (χ1v) is 9.38. The highest BCUT2D eigenvalue weighted by atomic mass is 16.3. The van der Waals surface area contributed by atoms with E-state index in [-0.39, 0.29) is 17.4 Å². The van der Waals surface area contributed by atoms with Crippen LogP contribution in [-0.2, 0) is 6.54 Å². The summed E-state index contributed by atoms with van der Waals surface area (Å²) in [6.45, 7) is 3.73. The predicted molar refractivity (Wildman–Crippen MR) is 101 cm³/mol. The third-order valence-electron chi connectivity index (χ3n) is 4.96. The van der Waals surface area contributed by atoms with Crippen molar-refractivity contribution >= 4 is 17.0 Å². The van der Waals surface area contributed by atoms with Crippen LogP contribution in [0.25, 0.3) is 11.1 Å². The minimum atomic E-state index is -0.178. The second-order valence-corrected chi connectivity index (χ2v) is 6.87. The number of aromatic nitrogens is 3. The third kappa shape index (κ3) is 3.49. The molecule has 0 atom stereocenters. The molecule has 0 spiro atoms. The Hall–Kier alpha value is -2.96. The molecular weight excluding hydrogens is 344 g/mol. The summed E-state index contributed by atoms with van der Waals surface area (Å²) in [5, 5.41) is 4.23. The van der Waals surface area contributed by atoms with Crippen molar-refractivity contribution in [2.45, 2.75) is 38.6 Å². The molecule has 0 saturated carbocycles. The minimum Gasteiger partial charge on any atom is -0.440 e. The first-order valence-electron chi connectivity index (χ1n) is 9.38. The van der Waals surface area contributed by atoms with E-state index in [1.807, 2.05) is 31.2 Å². The number of carbonyl (C=O) groups is 1. The van der Waals surface area contributed by atoms with E-state index in [1.54, 1.807) is 4.90 Å². The Labute approximate surface area is 156 Å². The monoisotopic (exact) mass is 366 g/mol. The standard InChI is InChI=1S/C20H22N4O3/c1-2-11-24-18(25)8-7-16(22-24)20(26)23-12-9-14(10-13-23)19-21-15-5-3-4-6-17(15)27-19/h3-8,14H,2,9-13H2,1H3. The van der Waals surface area contributed by atoms with Crippen LogP contribution in [0.1, 0.15) is 48.5 Å². The van der Waals surface area contributed by atoms with Gasteiger partial charge in [0.15, 0.2) is 11.5 Å². The van der Waals surface area contributed by atoms with Gasteiger partial charge in [0.05, 0.1) is 0 Å². The summed E-state index contributed by atoms with van der Waals surface area (Å²) in [5.41, 5.74) is 1.81. The Kier molecular flexibility index (Phi) is 4.75. The molecule has 1 aromatic carbocycles. The summed E-state index contributed by atoms with van der Waals surface area (Å²) in [7, 11) is 0. The molecule has 7 nitrogen and oxygen atoms in total. The van der Waals surface area contributed by atoms with Gasteiger partial charge in [-0.1, -0.05) is 19.1 Å². The molecule has 4 rings (SSSR count). The number of piperidine rings is 1. The Balaban J connectivity index is 1.45. The van der Waals surface area contributed by atoms with Crippen molar-refractivity contribution in [2.75, 3.05) is 13.1 Å². The van der Waals surface area contributed by atoms with E-state index in [9.17, 15) is 9.59 Å². The van der Waals surface area contributed by atoms with Crippen molar-refractivity contribution in [3.05, 3.63) is 58.3 Å². The molecular formula is C20H22N4O3. The summed E-state index contributed by atoms with van der Waals surface area (Å²) in [5.74, 6) is 0.831. The molecule has 0 radical (unpaired) electrons. The number of rotatable bonds is 4. The smallest absolute Gasteiger partial charge is 0.274 e. The topological polar surface area (TPSA) is 81.2 Å². The van der Waals surface area contributed by atoms with E-state index in [0.717, 1.165) is 36.3 Å². The maximum atomic E-state index is 12.8. The second-order valence-electron chi connectivity index (χ2n) is 6.87. The van der Waals surface area contributed by atoms with Crippen LogP contribution < -0.4 is 5.56 Å². The molecule has 2 aromatic heterocycles. The van der Waals surface area contributed by atoms with Crippen molar-refractivity contribution in [3.8, 4) is 0 Å². The first-order chi connectivity index (χ1) is 13.2. The number of hydrogen-bond acceptors (Lipinski definition) is 5. The molecule has 0 bridgehead atoms. The first kappa shape index (κ1) is 17.5. The fourth-order valence-electron chi connectivity index (χ4n) is 3.49. The number of fused-ring (bicyclic) bond motifs is 1. The number of para-hydroxylation sites is 2. The summed E-state index contributed by atoms with van der Waals surface area (Å²) < 4.78 is 7.24. The van der Waals surface area contributed by atoms with Gasteiger partial charge in [0.2, 0.25) is 0 Å². The van der Waals surface area contributed by atoms with Crippen LogP contribution in [0, 0.1) is 0 Å². The Morgan fingerprint density at radius 2 is 1.96 bits per heavy atom. The van der Waals surface area contributed by atoms with Gasteiger partial charge in [-0.05, 0) is 37.5 Å². The molecule has 7 heteroatoms. The Morgan fingerprint density at radius 1 is 1.19 bits per heavy atom. The van der Waals surface area contributed by atoms with Crippen LogP contribution in [0.2, 0.25) is 0 Å². The van der Waals surface area contributed by atoms with Crippen LogP contribution in [-0.4, -0.2) is 38.7 Å². The van der Waals surface area contributed by atoms with Gasteiger partial charge in [-0.15, -0.1) is 0 Å². The van der Waals surface area contributed by atoms with Gasteiger partial charge < -0.3 is 9.32 Å². The van der Waals surface area contributed by atoms with Crippen LogP contribution in [0.5, 0.6) is 0 Å². The van der Waals surface area contributed by atoms with Crippen molar-refractivity contribution in [1.29, 1.82) is 0 Å². The Morgan fingerprint density at radius 3 is 2.70 bits per heavy atom. The molecule has 0 N–H and O–H groups in total. The number of aryl methyl sites for hydroxylation is 1. The van der Waals surface area contributed by atoms with Gasteiger partial charge in [-0.2, -0.15) is 5.10 Å². The lowest BCUT2D eigenvalue weighted by Crippen LogP contribution is -2.39. The summed E-state index contributed by atoms with van der Waals surface area (Å²) in [6, 6.07) is 10.7. The maximum Gasteiger partial charge on any atom is 0.274 e. The molecule has 0 unspecified atom stereocenters. The van der Waals surface area contributed by atoms with E-state index < -0.39 is 0 Å². The Bertz CT molecular complexity index is 982. The summed E-state index contributed by atoms with van der Waals surface area (Å²) in [6.07, 6.45) is 2.39. The fraction of sp³-hybridized carbons (Fsp3) is 0.400. The summed E-state index contributed by atoms with van der Waals surface area (Å²) >= 11 is 0. The molecule has 1 aliphatic rings.